The summed E-state index contributed by atoms with van der Waals surface area (Å²) in [6.07, 6.45) is 0. The van der Waals surface area contributed by atoms with E-state index >= 15 is 0 Å². The zero-order valence-electron chi connectivity index (χ0n) is 10.5. The Morgan fingerprint density at radius 2 is 2.20 bits per heavy atom. The van der Waals surface area contributed by atoms with Crippen LogP contribution in [0.15, 0.2) is 30.3 Å². The highest BCUT2D eigenvalue weighted by Gasteiger charge is 2.21. The van der Waals surface area contributed by atoms with E-state index in [1.165, 1.54) is 17.4 Å². The molecule has 1 unspecified atom stereocenters. The number of halogens is 1. The molecule has 0 radical (unpaired) electrons. The molecule has 1 atom stereocenters. The van der Waals surface area contributed by atoms with Crippen molar-refractivity contribution in [2.24, 2.45) is 0 Å². The molecule has 1 aromatic carbocycles. The number of nitrogens with one attached hydrogen (secondary N) is 1. The van der Waals surface area contributed by atoms with Crippen LogP contribution in [0.25, 0.3) is 0 Å². The normalized spacial score (nSPS) is 11.7. The number of nitro groups is 1. The Labute approximate surface area is 124 Å². The van der Waals surface area contributed by atoms with E-state index < -0.39 is 4.92 Å². The molecule has 0 saturated heterocycles. The molecule has 5 nitrogen and oxygen atoms in total. The van der Waals surface area contributed by atoms with Crippen molar-refractivity contribution < 1.29 is 4.92 Å². The lowest BCUT2D eigenvalue weighted by molar-refractivity contribution is -0.384. The number of nitriles is 1. The summed E-state index contributed by atoms with van der Waals surface area (Å²) >= 11 is 7.28. The van der Waals surface area contributed by atoms with Crippen LogP contribution in [-0.4, -0.2) is 4.92 Å². The van der Waals surface area contributed by atoms with Crippen molar-refractivity contribution in [3.63, 3.8) is 0 Å². The lowest BCUT2D eigenvalue weighted by Crippen LogP contribution is -2.07. The van der Waals surface area contributed by atoms with Gasteiger partial charge in [-0.05, 0) is 31.2 Å². The summed E-state index contributed by atoms with van der Waals surface area (Å²) < 4.78 is 0.661. The Morgan fingerprint density at radius 3 is 2.75 bits per heavy atom. The van der Waals surface area contributed by atoms with Crippen molar-refractivity contribution in [1.82, 2.24) is 0 Å². The van der Waals surface area contributed by atoms with E-state index in [1.807, 2.05) is 19.1 Å². The zero-order valence-corrected chi connectivity index (χ0v) is 12.0. The smallest absolute Gasteiger partial charge is 0.309 e. The average molecular weight is 308 g/mol. The van der Waals surface area contributed by atoms with Gasteiger partial charge in [0.25, 0.3) is 0 Å². The van der Waals surface area contributed by atoms with Crippen molar-refractivity contribution in [2.75, 3.05) is 5.32 Å². The zero-order chi connectivity index (χ0) is 14.7. The van der Waals surface area contributed by atoms with Gasteiger partial charge in [0.15, 0.2) is 0 Å². The van der Waals surface area contributed by atoms with Crippen molar-refractivity contribution in [1.29, 1.82) is 5.26 Å². The lowest BCUT2D eigenvalue weighted by Gasteiger charge is -2.14. The summed E-state index contributed by atoms with van der Waals surface area (Å²) in [6, 6.07) is 9.97. The maximum absolute atomic E-state index is 11.1. The number of hydrogen-bond donors (Lipinski definition) is 1. The van der Waals surface area contributed by atoms with Gasteiger partial charge in [0.2, 0.25) is 0 Å². The van der Waals surface area contributed by atoms with Crippen LogP contribution in [0.2, 0.25) is 4.34 Å². The maximum atomic E-state index is 11.1. The first-order valence-corrected chi connectivity index (χ1v) is 6.91. The highest BCUT2D eigenvalue weighted by molar-refractivity contribution is 7.16. The standard InChI is InChI=1S/C13H10ClN3O2S/c1-8(11-5-6-12(14)20-11)16-10-4-2-3-9(7-15)13(10)17(18)19/h2-6,8,16H,1H3. The van der Waals surface area contributed by atoms with Gasteiger partial charge < -0.3 is 5.32 Å². The van der Waals surface area contributed by atoms with E-state index in [9.17, 15) is 10.1 Å². The molecule has 20 heavy (non-hydrogen) atoms. The maximum Gasteiger partial charge on any atom is 0.309 e. The van der Waals surface area contributed by atoms with Crippen LogP contribution in [0, 0.1) is 21.4 Å². The molecular formula is C13H10ClN3O2S. The molecule has 0 spiro atoms. The second kappa shape index (κ2) is 5.90. The summed E-state index contributed by atoms with van der Waals surface area (Å²) in [4.78, 5) is 11.5. The van der Waals surface area contributed by atoms with Crippen LogP contribution >= 0.6 is 22.9 Å². The van der Waals surface area contributed by atoms with Crippen molar-refractivity contribution in [3.8, 4) is 6.07 Å². The molecule has 1 N–H and O–H groups in total. The molecule has 0 aliphatic rings. The predicted molar refractivity (Wildman–Crippen MR) is 79.2 cm³/mol. The quantitative estimate of drug-likeness (QED) is 0.672. The fourth-order valence-corrected chi connectivity index (χ4v) is 2.88. The molecule has 0 bridgehead atoms. The second-order valence-corrected chi connectivity index (χ2v) is 5.83. The minimum atomic E-state index is -0.547. The minimum absolute atomic E-state index is 0.0383. The average Bonchev–Trinajstić information content (AvgIpc) is 2.84. The molecule has 0 aliphatic carbocycles. The summed E-state index contributed by atoms with van der Waals surface area (Å²) in [5.41, 5.74) is 0.159. The number of thiophene rings is 1. The van der Waals surface area contributed by atoms with Gasteiger partial charge in [0.05, 0.1) is 15.3 Å². The van der Waals surface area contributed by atoms with Gasteiger partial charge in [0.1, 0.15) is 17.3 Å². The molecule has 1 aromatic heterocycles. The SMILES string of the molecule is CC(Nc1cccc(C#N)c1[N+](=O)[O-])c1ccc(Cl)s1. The van der Waals surface area contributed by atoms with Crippen LogP contribution in [0.3, 0.4) is 0 Å². The van der Waals surface area contributed by atoms with Crippen LogP contribution in [-0.2, 0) is 0 Å². The fourth-order valence-electron chi connectivity index (χ4n) is 1.81. The van der Waals surface area contributed by atoms with Crippen LogP contribution in [0.4, 0.5) is 11.4 Å². The number of hydrogen-bond acceptors (Lipinski definition) is 5. The number of anilines is 1. The van der Waals surface area contributed by atoms with E-state index in [0.29, 0.717) is 10.0 Å². The molecule has 0 fully saturated rings. The summed E-state index contributed by atoms with van der Waals surface area (Å²) in [7, 11) is 0. The van der Waals surface area contributed by atoms with E-state index in [-0.39, 0.29) is 17.3 Å². The van der Waals surface area contributed by atoms with Crippen molar-refractivity contribution >= 4 is 34.3 Å². The minimum Gasteiger partial charge on any atom is -0.372 e. The Morgan fingerprint density at radius 1 is 1.45 bits per heavy atom. The molecule has 2 aromatic rings. The second-order valence-electron chi connectivity index (χ2n) is 4.08. The highest BCUT2D eigenvalue weighted by Crippen LogP contribution is 2.33. The monoisotopic (exact) mass is 307 g/mol. The van der Waals surface area contributed by atoms with Crippen molar-refractivity contribution in [3.05, 3.63) is 55.2 Å². The number of nitrogens with zero attached hydrogens (tertiary/aromatic N) is 2. The van der Waals surface area contributed by atoms with Crippen LogP contribution < -0.4 is 5.32 Å². The molecule has 102 valence electrons. The molecule has 0 aliphatic heterocycles. The summed E-state index contributed by atoms with van der Waals surface area (Å²) in [5.74, 6) is 0. The van der Waals surface area contributed by atoms with Crippen LogP contribution in [0.1, 0.15) is 23.4 Å². The number of para-hydroxylation sites is 1. The Hall–Kier alpha value is -2.10. The molecule has 1 heterocycles. The number of nitro benzene ring substituents is 1. The molecule has 0 saturated carbocycles. The largest absolute Gasteiger partial charge is 0.372 e. The van der Waals surface area contributed by atoms with Gasteiger partial charge in [0, 0.05) is 4.88 Å². The van der Waals surface area contributed by atoms with Gasteiger partial charge in [-0.25, -0.2) is 0 Å². The molecule has 2 rings (SSSR count). The van der Waals surface area contributed by atoms with Gasteiger partial charge >= 0.3 is 5.69 Å². The molecule has 7 heteroatoms. The number of benzene rings is 1. The Kier molecular flexibility index (Phi) is 4.23. The Bertz CT molecular complexity index is 693. The number of rotatable bonds is 4. The van der Waals surface area contributed by atoms with Gasteiger partial charge in [-0.1, -0.05) is 17.7 Å². The predicted octanol–water partition coefficient (Wildman–Crippen LogP) is 4.35. The van der Waals surface area contributed by atoms with Crippen molar-refractivity contribution in [2.45, 2.75) is 13.0 Å². The fraction of sp³-hybridized carbons (Fsp3) is 0.154. The Balaban J connectivity index is 2.34. The third-order valence-electron chi connectivity index (χ3n) is 2.73. The van der Waals surface area contributed by atoms with Gasteiger partial charge in [-0.3, -0.25) is 10.1 Å². The summed E-state index contributed by atoms with van der Waals surface area (Å²) in [5, 5.41) is 23.1. The third-order valence-corrected chi connectivity index (χ3v) is 4.15. The lowest BCUT2D eigenvalue weighted by atomic mass is 10.1. The van der Waals surface area contributed by atoms with Gasteiger partial charge in [-0.15, -0.1) is 11.3 Å². The van der Waals surface area contributed by atoms with E-state index in [0.717, 1.165) is 4.88 Å². The third kappa shape index (κ3) is 2.90. The van der Waals surface area contributed by atoms with E-state index in [2.05, 4.69) is 5.32 Å². The van der Waals surface area contributed by atoms with Gasteiger partial charge in [-0.2, -0.15) is 5.26 Å². The van der Waals surface area contributed by atoms with E-state index in [1.54, 1.807) is 18.2 Å². The highest BCUT2D eigenvalue weighted by atomic mass is 35.5. The van der Waals surface area contributed by atoms with Crippen LogP contribution in [0.5, 0.6) is 0 Å². The molecular weight excluding hydrogens is 298 g/mol. The molecule has 0 amide bonds. The first-order valence-electron chi connectivity index (χ1n) is 5.72. The topological polar surface area (TPSA) is 79.0 Å². The van der Waals surface area contributed by atoms with E-state index in [4.69, 9.17) is 16.9 Å². The first kappa shape index (κ1) is 14.3. The first-order chi connectivity index (χ1) is 9.52. The summed E-state index contributed by atoms with van der Waals surface area (Å²) in [6.45, 7) is 1.88.